The molecule has 18 heteroatoms. The number of pyridine rings is 3. The monoisotopic (exact) mass is 871 g/mol. The van der Waals surface area contributed by atoms with Gasteiger partial charge in [-0.25, -0.2) is 9.97 Å². The van der Waals surface area contributed by atoms with Crippen LogP contribution in [0.3, 0.4) is 0 Å². The zero-order chi connectivity index (χ0) is 45.4. The highest BCUT2D eigenvalue weighted by Gasteiger charge is 2.16. The van der Waals surface area contributed by atoms with Crippen LogP contribution in [0, 0.1) is 20.2 Å². The Bertz CT molecular complexity index is 2280. The van der Waals surface area contributed by atoms with Crippen LogP contribution in [-0.4, -0.2) is 67.5 Å². The number of aromatic nitrogens is 3. The number of anilines is 1. The third-order valence-electron chi connectivity index (χ3n) is 8.75. The van der Waals surface area contributed by atoms with Crippen LogP contribution >= 0.6 is 11.6 Å². The standard InChI is InChI=1S/C15H16N2O4.C15H18N2O2.C8H11NO.C6H5ClN2O3/c1-20-12-6-3-11(4-7-12)5-8-13-14(17(18)19)9-10-15(16-13)21-2;1-18-12-6-3-11(4-7-12)5-9-14-13(16)8-10-15(17-14)19-2;1-10-8-4-2-7(6-9)3-5-8;1-12-5-3-2-4(9(10)11)6(7)8-5/h3-4,6-7,9-10H,5,8H2,1-2H3;3-4,6-8,10H,5,9,16H2,1-2H3;2-5H,6,9H2,1H3;2-3H,1H3. The van der Waals surface area contributed by atoms with Crippen LogP contribution in [-0.2, 0) is 32.2 Å². The van der Waals surface area contributed by atoms with Crippen molar-refractivity contribution in [3.8, 4) is 34.9 Å². The maximum absolute atomic E-state index is 11.0. The van der Waals surface area contributed by atoms with Crippen LogP contribution in [0.5, 0.6) is 34.9 Å². The lowest BCUT2D eigenvalue weighted by Crippen LogP contribution is -2.02. The molecule has 0 atom stereocenters. The van der Waals surface area contributed by atoms with Gasteiger partial charge in [-0.1, -0.05) is 48.0 Å². The van der Waals surface area contributed by atoms with Crippen molar-refractivity contribution >= 4 is 28.7 Å². The van der Waals surface area contributed by atoms with Crippen LogP contribution < -0.4 is 39.9 Å². The summed E-state index contributed by atoms with van der Waals surface area (Å²) in [6, 6.07) is 32.5. The van der Waals surface area contributed by atoms with Crippen molar-refractivity contribution in [3.63, 3.8) is 0 Å². The number of nitrogens with zero attached hydrogens (tertiary/aromatic N) is 5. The molecule has 6 rings (SSSR count). The normalized spacial score (nSPS) is 9.94. The Morgan fingerprint density at radius 3 is 1.24 bits per heavy atom. The van der Waals surface area contributed by atoms with Crippen molar-refractivity contribution in [2.75, 3.05) is 48.4 Å². The summed E-state index contributed by atoms with van der Waals surface area (Å²) in [5.74, 6) is 3.75. The SMILES string of the molecule is COc1ccc(CCc2nc(OC)ccc2N)cc1.COc1ccc(CCc2nc(OC)ccc2[N+](=O)[O-])cc1.COc1ccc(CN)cc1.COc1ccc([N+](=O)[O-])c(Cl)n1. The van der Waals surface area contributed by atoms with E-state index >= 15 is 0 Å². The van der Waals surface area contributed by atoms with E-state index in [0.29, 0.717) is 42.5 Å². The number of halogens is 1. The van der Waals surface area contributed by atoms with E-state index in [1.807, 2.05) is 66.7 Å². The molecule has 0 saturated carbocycles. The Morgan fingerprint density at radius 1 is 0.484 bits per heavy atom. The molecule has 0 fully saturated rings. The highest BCUT2D eigenvalue weighted by molar-refractivity contribution is 6.31. The molecule has 62 heavy (non-hydrogen) atoms. The first-order chi connectivity index (χ1) is 29.9. The number of hydrogen-bond donors (Lipinski definition) is 2. The van der Waals surface area contributed by atoms with Crippen LogP contribution in [0.25, 0.3) is 0 Å². The Labute approximate surface area is 364 Å². The van der Waals surface area contributed by atoms with Gasteiger partial charge in [0.2, 0.25) is 22.8 Å². The lowest BCUT2D eigenvalue weighted by molar-refractivity contribution is -0.386. The number of benzene rings is 3. The summed E-state index contributed by atoms with van der Waals surface area (Å²) in [7, 11) is 9.42. The minimum absolute atomic E-state index is 0.0179. The van der Waals surface area contributed by atoms with Crippen molar-refractivity contribution in [3.05, 3.63) is 163 Å². The van der Waals surface area contributed by atoms with E-state index in [9.17, 15) is 20.2 Å². The van der Waals surface area contributed by atoms with Crippen molar-refractivity contribution in [1.29, 1.82) is 0 Å². The fourth-order valence-electron chi connectivity index (χ4n) is 5.28. The first kappa shape index (κ1) is 49.1. The lowest BCUT2D eigenvalue weighted by atomic mass is 10.1. The average Bonchev–Trinajstić information content (AvgIpc) is 3.31. The number of ether oxygens (including phenoxy) is 6. The van der Waals surface area contributed by atoms with E-state index in [-0.39, 0.29) is 22.4 Å². The molecular weight excluding hydrogens is 822 g/mol. The van der Waals surface area contributed by atoms with Gasteiger partial charge in [-0.15, -0.1) is 0 Å². The molecule has 0 aliphatic heterocycles. The quantitative estimate of drug-likeness (QED) is 0.0564. The van der Waals surface area contributed by atoms with Crippen molar-refractivity contribution in [2.24, 2.45) is 5.73 Å². The number of methoxy groups -OCH3 is 6. The molecule has 0 bridgehead atoms. The molecule has 0 aliphatic rings. The molecule has 328 valence electrons. The van der Waals surface area contributed by atoms with Crippen LogP contribution in [0.15, 0.2) is 109 Å². The summed E-state index contributed by atoms with van der Waals surface area (Å²) in [5.41, 5.74) is 16.5. The highest BCUT2D eigenvalue weighted by Crippen LogP contribution is 2.25. The predicted octanol–water partition coefficient (Wildman–Crippen LogP) is 8.06. The summed E-state index contributed by atoms with van der Waals surface area (Å²) in [4.78, 5) is 32.4. The van der Waals surface area contributed by atoms with Crippen LogP contribution in [0.4, 0.5) is 17.1 Å². The molecule has 3 aromatic heterocycles. The van der Waals surface area contributed by atoms with Gasteiger partial charge in [0.25, 0.3) is 5.69 Å². The molecule has 0 spiro atoms. The Balaban J connectivity index is 0.000000229. The summed E-state index contributed by atoms with van der Waals surface area (Å²) in [6.07, 6.45) is 2.80. The Hall–Kier alpha value is -7.24. The molecule has 0 radical (unpaired) electrons. The third-order valence-corrected chi connectivity index (χ3v) is 9.02. The minimum Gasteiger partial charge on any atom is -0.497 e. The number of nitro groups is 2. The van der Waals surface area contributed by atoms with E-state index in [1.165, 1.54) is 44.0 Å². The van der Waals surface area contributed by atoms with Crippen molar-refractivity contribution in [2.45, 2.75) is 32.2 Å². The molecule has 17 nitrogen and oxygen atoms in total. The van der Waals surface area contributed by atoms with Gasteiger partial charge in [-0.2, -0.15) is 4.98 Å². The van der Waals surface area contributed by atoms with E-state index in [0.717, 1.165) is 46.9 Å². The van der Waals surface area contributed by atoms with Crippen molar-refractivity contribution in [1.82, 2.24) is 15.0 Å². The van der Waals surface area contributed by atoms with Gasteiger partial charge in [-0.3, -0.25) is 20.2 Å². The molecule has 4 N–H and O–H groups in total. The summed E-state index contributed by atoms with van der Waals surface area (Å²) in [5, 5.41) is 21.1. The average molecular weight is 872 g/mol. The van der Waals surface area contributed by atoms with Gasteiger partial charge in [0.15, 0.2) is 0 Å². The topological polar surface area (TPSA) is 232 Å². The summed E-state index contributed by atoms with van der Waals surface area (Å²) < 4.78 is 30.0. The largest absolute Gasteiger partial charge is 0.497 e. The number of nitrogens with two attached hydrogens (primary N) is 2. The number of nitrogen functional groups attached to an aromatic ring is 1. The minimum atomic E-state index is -0.602. The fourth-order valence-corrected chi connectivity index (χ4v) is 5.49. The van der Waals surface area contributed by atoms with E-state index in [4.69, 9.17) is 51.5 Å². The van der Waals surface area contributed by atoms with Gasteiger partial charge in [0, 0.05) is 43.3 Å². The number of hydrogen-bond acceptors (Lipinski definition) is 15. The van der Waals surface area contributed by atoms with E-state index in [1.54, 1.807) is 34.5 Å². The summed E-state index contributed by atoms with van der Waals surface area (Å²) >= 11 is 5.47. The first-order valence-corrected chi connectivity index (χ1v) is 19.2. The van der Waals surface area contributed by atoms with Gasteiger partial charge in [0.1, 0.15) is 22.9 Å². The zero-order valence-electron chi connectivity index (χ0n) is 35.3. The lowest BCUT2D eigenvalue weighted by Gasteiger charge is -2.07. The second-order valence-corrected chi connectivity index (χ2v) is 13.0. The number of aryl methyl sites for hydroxylation is 4. The van der Waals surface area contributed by atoms with Gasteiger partial charge >= 0.3 is 5.69 Å². The molecular formula is C44H50ClN7O10. The molecule has 6 aromatic rings. The molecule has 3 aromatic carbocycles. The summed E-state index contributed by atoms with van der Waals surface area (Å²) in [6.45, 7) is 0.587. The Kier molecular flexibility index (Phi) is 20.7. The maximum atomic E-state index is 11.0. The molecule has 0 unspecified atom stereocenters. The Morgan fingerprint density at radius 2 is 0.855 bits per heavy atom. The van der Waals surface area contributed by atoms with E-state index < -0.39 is 9.85 Å². The first-order valence-electron chi connectivity index (χ1n) is 18.8. The van der Waals surface area contributed by atoms with Crippen LogP contribution in [0.1, 0.15) is 28.1 Å². The smallest absolute Gasteiger partial charge is 0.306 e. The molecule has 3 heterocycles. The second kappa shape index (κ2) is 26.1. The highest BCUT2D eigenvalue weighted by atomic mass is 35.5. The predicted molar refractivity (Wildman–Crippen MR) is 237 cm³/mol. The van der Waals surface area contributed by atoms with Crippen LogP contribution in [0.2, 0.25) is 5.15 Å². The molecule has 0 aliphatic carbocycles. The van der Waals surface area contributed by atoms with E-state index in [2.05, 4.69) is 27.1 Å². The van der Waals surface area contributed by atoms with Gasteiger partial charge < -0.3 is 39.9 Å². The van der Waals surface area contributed by atoms with Gasteiger partial charge in [0.05, 0.1) is 63.9 Å². The zero-order valence-corrected chi connectivity index (χ0v) is 36.0. The van der Waals surface area contributed by atoms with Crippen molar-refractivity contribution < 1.29 is 38.3 Å². The third kappa shape index (κ3) is 16.1. The fraction of sp³-hybridized carbons (Fsp3) is 0.250. The number of rotatable bonds is 15. The molecule has 0 saturated heterocycles. The molecule has 0 amide bonds. The second-order valence-electron chi connectivity index (χ2n) is 12.6. The maximum Gasteiger partial charge on any atom is 0.306 e. The van der Waals surface area contributed by atoms with Gasteiger partial charge in [-0.05, 0) is 78.4 Å².